The van der Waals surface area contributed by atoms with Gasteiger partial charge in [-0.15, -0.1) is 0 Å². The van der Waals surface area contributed by atoms with E-state index < -0.39 is 5.97 Å². The van der Waals surface area contributed by atoms with E-state index in [0.29, 0.717) is 29.3 Å². The fourth-order valence-corrected chi connectivity index (χ4v) is 3.42. The molecule has 0 aliphatic carbocycles. The summed E-state index contributed by atoms with van der Waals surface area (Å²) in [4.78, 5) is 34.9. The maximum atomic E-state index is 13.1. The highest BCUT2D eigenvalue weighted by molar-refractivity contribution is 6.05. The van der Waals surface area contributed by atoms with Crippen LogP contribution in [-0.2, 0) is 11.2 Å². The molecule has 1 aliphatic rings. The number of aromatic nitrogens is 2. The van der Waals surface area contributed by atoms with Crippen LogP contribution in [-0.4, -0.2) is 35.5 Å². The molecule has 7 heteroatoms. The van der Waals surface area contributed by atoms with Gasteiger partial charge in [-0.05, 0) is 42.7 Å². The van der Waals surface area contributed by atoms with Crippen LogP contribution in [0.2, 0.25) is 0 Å². The molecule has 2 aromatic carbocycles. The average molecular weight is 388 g/mol. The Morgan fingerprint density at radius 1 is 1.07 bits per heavy atom. The first kappa shape index (κ1) is 18.6. The van der Waals surface area contributed by atoms with Crippen LogP contribution in [0.5, 0.6) is 0 Å². The topological polar surface area (TPSA) is 84.4 Å². The van der Waals surface area contributed by atoms with E-state index in [0.717, 1.165) is 18.5 Å². The molecule has 0 saturated carbocycles. The number of nitrogens with zero attached hydrogens (tertiary/aromatic N) is 3. The number of nitrogens with one attached hydrogen (secondary N) is 1. The zero-order valence-corrected chi connectivity index (χ0v) is 16.0. The second kappa shape index (κ2) is 8.10. The summed E-state index contributed by atoms with van der Waals surface area (Å²) in [5.41, 5.74) is 3.49. The minimum atomic E-state index is -0.420. The summed E-state index contributed by atoms with van der Waals surface area (Å²) in [6, 6.07) is 16.4. The number of benzene rings is 2. The number of rotatable bonds is 4. The molecule has 0 saturated heterocycles. The number of ether oxygens (including phenoxy) is 1. The number of hydrogen-bond donors (Lipinski definition) is 1. The van der Waals surface area contributed by atoms with E-state index in [1.54, 1.807) is 35.2 Å². The Kier molecular flexibility index (Phi) is 5.20. The molecule has 0 spiro atoms. The highest BCUT2D eigenvalue weighted by atomic mass is 16.5. The monoisotopic (exact) mass is 388 g/mol. The Bertz CT molecular complexity index is 1070. The Labute approximate surface area is 168 Å². The highest BCUT2D eigenvalue weighted by Gasteiger charge is 2.24. The van der Waals surface area contributed by atoms with Crippen molar-refractivity contribution >= 4 is 29.1 Å². The third-order valence-electron chi connectivity index (χ3n) is 4.80. The Hall–Kier alpha value is -3.74. The minimum Gasteiger partial charge on any atom is -0.465 e. The summed E-state index contributed by atoms with van der Waals surface area (Å²) in [6.07, 6.45) is 3.24. The van der Waals surface area contributed by atoms with Crippen molar-refractivity contribution in [2.24, 2.45) is 0 Å². The normalized spacial score (nSPS) is 12.8. The van der Waals surface area contributed by atoms with Gasteiger partial charge in [-0.3, -0.25) is 4.79 Å². The highest BCUT2D eigenvalue weighted by Crippen LogP contribution is 2.28. The molecule has 0 bridgehead atoms. The summed E-state index contributed by atoms with van der Waals surface area (Å²) in [6.45, 7) is 0.657. The molecule has 1 N–H and O–H groups in total. The maximum Gasteiger partial charge on any atom is 0.337 e. The number of anilines is 3. The second-order valence-corrected chi connectivity index (χ2v) is 6.67. The molecular weight excluding hydrogens is 368 g/mol. The van der Waals surface area contributed by atoms with Gasteiger partial charge in [0.25, 0.3) is 5.91 Å². The molecule has 3 aromatic rings. The van der Waals surface area contributed by atoms with Crippen LogP contribution < -0.4 is 10.2 Å². The van der Waals surface area contributed by atoms with Crippen LogP contribution in [0.15, 0.2) is 60.9 Å². The molecule has 7 nitrogen and oxygen atoms in total. The molecule has 29 heavy (non-hydrogen) atoms. The molecule has 4 rings (SSSR count). The van der Waals surface area contributed by atoms with Crippen molar-refractivity contribution in [1.82, 2.24) is 9.97 Å². The number of hydrogen-bond acceptors (Lipinski definition) is 6. The largest absolute Gasteiger partial charge is 0.465 e. The first-order valence-corrected chi connectivity index (χ1v) is 9.33. The van der Waals surface area contributed by atoms with Crippen LogP contribution in [0.4, 0.5) is 17.2 Å². The van der Waals surface area contributed by atoms with Crippen LogP contribution in [0, 0.1) is 0 Å². The van der Waals surface area contributed by atoms with Gasteiger partial charge in [-0.1, -0.05) is 24.3 Å². The van der Waals surface area contributed by atoms with E-state index in [4.69, 9.17) is 4.74 Å². The predicted molar refractivity (Wildman–Crippen MR) is 110 cm³/mol. The van der Waals surface area contributed by atoms with Crippen molar-refractivity contribution in [1.29, 1.82) is 0 Å². The van der Waals surface area contributed by atoms with Crippen molar-refractivity contribution in [2.45, 2.75) is 12.8 Å². The van der Waals surface area contributed by atoms with Gasteiger partial charge in [-0.2, -0.15) is 0 Å². The first-order chi connectivity index (χ1) is 14.2. The van der Waals surface area contributed by atoms with Crippen LogP contribution in [0.3, 0.4) is 0 Å². The number of carbonyl (C=O) groups is 2. The predicted octanol–water partition coefficient (Wildman–Crippen LogP) is 3.60. The van der Waals surface area contributed by atoms with E-state index in [1.807, 2.05) is 18.2 Å². The lowest BCUT2D eigenvalue weighted by Gasteiger charge is -2.29. The van der Waals surface area contributed by atoms with Gasteiger partial charge >= 0.3 is 5.97 Å². The van der Waals surface area contributed by atoms with Crippen molar-refractivity contribution in [3.63, 3.8) is 0 Å². The number of amides is 1. The van der Waals surface area contributed by atoms with Gasteiger partial charge in [0.1, 0.15) is 17.8 Å². The molecular formula is C22H20N4O3. The van der Waals surface area contributed by atoms with Gasteiger partial charge in [0.15, 0.2) is 0 Å². The summed E-state index contributed by atoms with van der Waals surface area (Å²) in [7, 11) is 1.34. The average Bonchev–Trinajstić information content (AvgIpc) is 2.78. The van der Waals surface area contributed by atoms with E-state index in [-0.39, 0.29) is 5.91 Å². The maximum absolute atomic E-state index is 13.1. The summed E-state index contributed by atoms with van der Waals surface area (Å²) in [5, 5.41) is 3.11. The lowest BCUT2D eigenvalue weighted by Crippen LogP contribution is -2.36. The quantitative estimate of drug-likeness (QED) is 0.688. The van der Waals surface area contributed by atoms with Crippen LogP contribution >= 0.6 is 0 Å². The van der Waals surface area contributed by atoms with Gasteiger partial charge in [0.05, 0.1) is 12.7 Å². The smallest absolute Gasteiger partial charge is 0.337 e. The van der Waals surface area contributed by atoms with E-state index in [9.17, 15) is 9.59 Å². The van der Waals surface area contributed by atoms with E-state index in [2.05, 4.69) is 21.4 Å². The molecule has 0 fully saturated rings. The molecule has 1 aromatic heterocycles. The van der Waals surface area contributed by atoms with Gasteiger partial charge < -0.3 is 15.0 Å². The fraction of sp³-hybridized carbons (Fsp3) is 0.182. The minimum absolute atomic E-state index is 0.161. The van der Waals surface area contributed by atoms with Crippen LogP contribution in [0.25, 0.3) is 0 Å². The van der Waals surface area contributed by atoms with E-state index in [1.165, 1.54) is 19.0 Å². The van der Waals surface area contributed by atoms with Crippen molar-refractivity contribution in [3.05, 3.63) is 77.7 Å². The Morgan fingerprint density at radius 2 is 1.93 bits per heavy atom. The molecule has 146 valence electrons. The lowest BCUT2D eigenvalue weighted by atomic mass is 10.0. The molecule has 0 atom stereocenters. The molecule has 1 amide bonds. The SMILES string of the molecule is COC(=O)c1cccc(Nc2cc(C(=O)N3CCCc4ccccc43)ncn2)c1. The summed E-state index contributed by atoms with van der Waals surface area (Å²) < 4.78 is 4.75. The number of fused-ring (bicyclic) bond motifs is 1. The number of para-hydroxylation sites is 1. The van der Waals surface area contributed by atoms with Crippen molar-refractivity contribution in [2.75, 3.05) is 23.9 Å². The van der Waals surface area contributed by atoms with Crippen LogP contribution in [0.1, 0.15) is 32.8 Å². The molecule has 0 unspecified atom stereocenters. The number of esters is 1. The molecule has 0 radical (unpaired) electrons. The fourth-order valence-electron chi connectivity index (χ4n) is 3.42. The van der Waals surface area contributed by atoms with Crippen molar-refractivity contribution in [3.8, 4) is 0 Å². The number of aryl methyl sites for hydroxylation is 1. The van der Waals surface area contributed by atoms with Gasteiger partial charge in [0, 0.05) is 24.0 Å². The van der Waals surface area contributed by atoms with Gasteiger partial charge in [-0.25, -0.2) is 14.8 Å². The summed E-state index contributed by atoms with van der Waals surface area (Å²) in [5.74, 6) is -0.113. The van der Waals surface area contributed by atoms with Crippen molar-refractivity contribution < 1.29 is 14.3 Å². The second-order valence-electron chi connectivity index (χ2n) is 6.67. The third-order valence-corrected chi connectivity index (χ3v) is 4.80. The molecule has 2 heterocycles. The standard InChI is InChI=1S/C22H20N4O3/c1-29-22(28)16-7-4-9-17(12-16)25-20-13-18(23-14-24-20)21(27)26-11-5-8-15-6-2-3-10-19(15)26/h2-4,6-7,9-10,12-14H,5,8,11H2,1H3,(H,23,24,25). The van der Waals surface area contributed by atoms with E-state index >= 15 is 0 Å². The zero-order chi connectivity index (χ0) is 20.2. The third kappa shape index (κ3) is 3.94. The Morgan fingerprint density at radius 3 is 2.79 bits per heavy atom. The number of methoxy groups -OCH3 is 1. The summed E-state index contributed by atoms with van der Waals surface area (Å²) >= 11 is 0. The number of carbonyl (C=O) groups excluding carboxylic acids is 2. The lowest BCUT2D eigenvalue weighted by molar-refractivity contribution is 0.0600. The Balaban J connectivity index is 1.57. The molecule has 1 aliphatic heterocycles. The first-order valence-electron chi connectivity index (χ1n) is 9.33. The van der Waals surface area contributed by atoms with Gasteiger partial charge in [0.2, 0.25) is 0 Å². The zero-order valence-electron chi connectivity index (χ0n) is 16.0.